The molecule has 0 spiro atoms. The predicted molar refractivity (Wildman–Crippen MR) is 106 cm³/mol. The van der Waals surface area contributed by atoms with Crippen molar-refractivity contribution >= 4 is 5.91 Å². The molecule has 3 fully saturated rings. The number of carbonyl (C=O) groups is 1. The summed E-state index contributed by atoms with van der Waals surface area (Å²) in [6.45, 7) is 0.933. The second-order valence-electron chi connectivity index (χ2n) is 8.37. The number of benzene rings is 2. The molecule has 1 saturated heterocycles. The number of likely N-dealkylation sites (tertiary alicyclic amines) is 1. The monoisotopic (exact) mass is 361 g/mol. The van der Waals surface area contributed by atoms with E-state index in [0.29, 0.717) is 17.7 Å². The van der Waals surface area contributed by atoms with Gasteiger partial charge in [0.15, 0.2) is 0 Å². The van der Waals surface area contributed by atoms with Crippen LogP contribution in [0.4, 0.5) is 0 Å². The van der Waals surface area contributed by atoms with Crippen LogP contribution in [-0.4, -0.2) is 24.5 Å². The van der Waals surface area contributed by atoms with Crippen molar-refractivity contribution in [2.24, 2.45) is 11.8 Å². The van der Waals surface area contributed by atoms with Crippen molar-refractivity contribution in [3.8, 4) is 5.75 Å². The number of carbonyl (C=O) groups excluding carboxylic acids is 1. The fourth-order valence-corrected chi connectivity index (χ4v) is 5.63. The number of methoxy groups -OCH3 is 1. The number of amides is 1. The van der Waals surface area contributed by atoms with Crippen LogP contribution >= 0.6 is 0 Å². The summed E-state index contributed by atoms with van der Waals surface area (Å²) in [6.07, 6.45) is 5.83. The second-order valence-corrected chi connectivity index (χ2v) is 8.37. The van der Waals surface area contributed by atoms with Crippen molar-refractivity contribution in [2.75, 3.05) is 13.7 Å². The highest BCUT2D eigenvalue weighted by Crippen LogP contribution is 2.58. The Kier molecular flexibility index (Phi) is 3.99. The third-order valence-corrected chi connectivity index (χ3v) is 7.11. The summed E-state index contributed by atoms with van der Waals surface area (Å²) >= 11 is 0. The van der Waals surface area contributed by atoms with Crippen LogP contribution in [0.25, 0.3) is 0 Å². The first-order valence-electron chi connectivity index (χ1n) is 10.3. The van der Waals surface area contributed by atoms with Gasteiger partial charge in [0.25, 0.3) is 0 Å². The molecule has 3 aliphatic rings. The average molecular weight is 361 g/mol. The molecule has 1 aliphatic heterocycles. The van der Waals surface area contributed by atoms with Crippen LogP contribution in [0, 0.1) is 11.8 Å². The van der Waals surface area contributed by atoms with Crippen molar-refractivity contribution in [2.45, 2.75) is 43.6 Å². The van der Waals surface area contributed by atoms with Gasteiger partial charge in [-0.1, -0.05) is 61.4 Å². The Balaban J connectivity index is 1.41. The lowest BCUT2D eigenvalue weighted by molar-refractivity contribution is -0.168. The summed E-state index contributed by atoms with van der Waals surface area (Å²) < 4.78 is 5.53. The fraction of sp³-hybridized carbons (Fsp3) is 0.458. The largest absolute Gasteiger partial charge is 0.496 e. The Labute approximate surface area is 161 Å². The van der Waals surface area contributed by atoms with Gasteiger partial charge in [0, 0.05) is 18.4 Å². The summed E-state index contributed by atoms with van der Waals surface area (Å²) in [5.74, 6) is 2.32. The molecule has 140 valence electrons. The lowest BCUT2D eigenvalue weighted by Gasteiger charge is -2.61. The average Bonchev–Trinajstić information content (AvgIpc) is 3.50. The van der Waals surface area contributed by atoms with E-state index in [1.54, 1.807) is 7.11 Å². The number of nitrogens with zero attached hydrogens (tertiary/aromatic N) is 1. The minimum absolute atomic E-state index is 0.0511. The van der Waals surface area contributed by atoms with E-state index >= 15 is 0 Å². The Hall–Kier alpha value is -2.29. The zero-order chi connectivity index (χ0) is 18.4. The molecule has 1 amide bonds. The van der Waals surface area contributed by atoms with Gasteiger partial charge >= 0.3 is 0 Å². The number of ether oxygens (including phenoxy) is 1. The molecule has 27 heavy (non-hydrogen) atoms. The molecule has 0 aromatic heterocycles. The maximum Gasteiger partial charge on any atom is 0.227 e. The smallest absolute Gasteiger partial charge is 0.227 e. The van der Waals surface area contributed by atoms with Crippen molar-refractivity contribution < 1.29 is 9.53 Å². The summed E-state index contributed by atoms with van der Waals surface area (Å²) in [5, 5.41) is 0. The Morgan fingerprint density at radius 3 is 2.63 bits per heavy atom. The van der Waals surface area contributed by atoms with E-state index in [2.05, 4.69) is 41.3 Å². The van der Waals surface area contributed by atoms with Crippen LogP contribution in [0.5, 0.6) is 5.75 Å². The minimum Gasteiger partial charge on any atom is -0.496 e. The molecular formula is C24H27NO2. The lowest BCUT2D eigenvalue weighted by atomic mass is 9.61. The zero-order valence-electron chi connectivity index (χ0n) is 15.9. The van der Waals surface area contributed by atoms with E-state index in [0.717, 1.165) is 25.1 Å². The zero-order valence-corrected chi connectivity index (χ0v) is 15.9. The molecule has 2 aliphatic carbocycles. The van der Waals surface area contributed by atoms with Gasteiger partial charge in [-0.25, -0.2) is 0 Å². The molecular weight excluding hydrogens is 334 g/mol. The van der Waals surface area contributed by atoms with Gasteiger partial charge in [-0.15, -0.1) is 0 Å². The molecule has 0 N–H and O–H groups in total. The van der Waals surface area contributed by atoms with Gasteiger partial charge in [-0.2, -0.15) is 0 Å². The Bertz CT molecular complexity index is 848. The number of fused-ring (bicyclic) bond motifs is 1. The SMILES string of the molecule is COc1ccccc1C1CC1C(=O)N1CC2CCCCC21c1ccccc1. The normalized spacial score (nSPS) is 31.6. The van der Waals surface area contributed by atoms with Crippen molar-refractivity contribution in [1.29, 1.82) is 0 Å². The molecule has 4 atom stereocenters. The molecule has 3 heteroatoms. The molecule has 3 nitrogen and oxygen atoms in total. The Morgan fingerprint density at radius 2 is 1.85 bits per heavy atom. The standard InChI is InChI=1S/C24H27NO2/c1-27-22-13-6-5-12-19(22)20-15-21(20)23(26)25-16-18-11-7-8-14-24(18,25)17-9-3-2-4-10-17/h2-6,9-10,12-13,18,20-21H,7-8,11,14-16H2,1H3. The first-order chi connectivity index (χ1) is 13.3. The second kappa shape index (κ2) is 6.40. The summed E-state index contributed by atoms with van der Waals surface area (Å²) in [5.41, 5.74) is 2.47. The van der Waals surface area contributed by atoms with Crippen LogP contribution in [0.1, 0.15) is 49.1 Å². The molecule has 1 heterocycles. The minimum atomic E-state index is -0.0511. The van der Waals surface area contributed by atoms with Crippen LogP contribution in [0.2, 0.25) is 0 Å². The maximum atomic E-state index is 13.5. The molecule has 0 radical (unpaired) electrons. The summed E-state index contributed by atoms with van der Waals surface area (Å²) in [6, 6.07) is 18.9. The highest BCUT2D eigenvalue weighted by molar-refractivity contribution is 5.85. The molecule has 2 aromatic rings. The van der Waals surface area contributed by atoms with Crippen LogP contribution < -0.4 is 4.74 Å². The third kappa shape index (κ3) is 2.51. The topological polar surface area (TPSA) is 29.5 Å². The molecule has 4 unspecified atom stereocenters. The highest BCUT2D eigenvalue weighted by Gasteiger charge is 2.60. The van der Waals surface area contributed by atoms with Gasteiger partial charge in [-0.05, 0) is 42.4 Å². The lowest BCUT2D eigenvalue weighted by Crippen LogP contribution is -2.68. The number of rotatable bonds is 4. The van der Waals surface area contributed by atoms with E-state index < -0.39 is 0 Å². The van der Waals surface area contributed by atoms with Crippen LogP contribution in [0.15, 0.2) is 54.6 Å². The number of hydrogen-bond acceptors (Lipinski definition) is 2. The van der Waals surface area contributed by atoms with Gasteiger partial charge in [0.1, 0.15) is 5.75 Å². The summed E-state index contributed by atoms with van der Waals surface area (Å²) in [7, 11) is 1.71. The predicted octanol–water partition coefficient (Wildman–Crippen LogP) is 4.73. The van der Waals surface area contributed by atoms with E-state index in [-0.39, 0.29) is 11.5 Å². The van der Waals surface area contributed by atoms with Crippen molar-refractivity contribution in [1.82, 2.24) is 4.90 Å². The van der Waals surface area contributed by atoms with E-state index in [4.69, 9.17) is 4.74 Å². The highest BCUT2D eigenvalue weighted by atomic mass is 16.5. The fourth-order valence-electron chi connectivity index (χ4n) is 5.63. The number of para-hydroxylation sites is 1. The molecule has 0 bridgehead atoms. The Morgan fingerprint density at radius 1 is 1.07 bits per heavy atom. The van der Waals surface area contributed by atoms with E-state index in [1.807, 2.05) is 18.2 Å². The van der Waals surface area contributed by atoms with Gasteiger partial charge < -0.3 is 9.64 Å². The molecule has 2 aromatic carbocycles. The summed E-state index contributed by atoms with van der Waals surface area (Å²) in [4.78, 5) is 15.7. The maximum absolute atomic E-state index is 13.5. The van der Waals surface area contributed by atoms with Gasteiger partial charge in [-0.3, -0.25) is 4.79 Å². The van der Waals surface area contributed by atoms with E-state index in [9.17, 15) is 4.79 Å². The third-order valence-electron chi connectivity index (χ3n) is 7.11. The van der Waals surface area contributed by atoms with Crippen LogP contribution in [0.3, 0.4) is 0 Å². The van der Waals surface area contributed by atoms with Crippen LogP contribution in [-0.2, 0) is 10.3 Å². The first kappa shape index (κ1) is 16.9. The first-order valence-corrected chi connectivity index (χ1v) is 10.3. The van der Waals surface area contributed by atoms with Crippen molar-refractivity contribution in [3.05, 3.63) is 65.7 Å². The molecule has 2 saturated carbocycles. The quantitative estimate of drug-likeness (QED) is 0.788. The van der Waals surface area contributed by atoms with Gasteiger partial charge in [0.2, 0.25) is 5.91 Å². The molecule has 5 rings (SSSR count). The number of hydrogen-bond donors (Lipinski definition) is 0. The van der Waals surface area contributed by atoms with Gasteiger partial charge in [0.05, 0.1) is 12.6 Å². The van der Waals surface area contributed by atoms with Crippen molar-refractivity contribution in [3.63, 3.8) is 0 Å². The van der Waals surface area contributed by atoms with E-state index in [1.165, 1.54) is 30.4 Å².